The van der Waals surface area contributed by atoms with Gasteiger partial charge in [0, 0.05) is 66.1 Å². The van der Waals surface area contributed by atoms with Crippen molar-refractivity contribution in [1.82, 2.24) is 19.4 Å². The number of likely N-dealkylation sites (N-methyl/N-ethyl adjacent to an activating group) is 1. The van der Waals surface area contributed by atoms with Crippen LogP contribution in [0, 0.1) is 18.8 Å². The van der Waals surface area contributed by atoms with Crippen LogP contribution in [0.1, 0.15) is 38.3 Å². The van der Waals surface area contributed by atoms with Gasteiger partial charge in [0.1, 0.15) is 6.33 Å². The van der Waals surface area contributed by atoms with Crippen molar-refractivity contribution >= 4 is 22.5 Å². The van der Waals surface area contributed by atoms with E-state index in [2.05, 4.69) is 67.5 Å². The summed E-state index contributed by atoms with van der Waals surface area (Å²) < 4.78 is 41.2. The Bertz CT molecular complexity index is 1890. The van der Waals surface area contributed by atoms with E-state index in [0.29, 0.717) is 11.1 Å². The molecule has 0 spiro atoms. The van der Waals surface area contributed by atoms with Crippen LogP contribution in [0.4, 0.5) is 18.9 Å². The Hall–Kier alpha value is -4.94. The van der Waals surface area contributed by atoms with Gasteiger partial charge in [-0.25, -0.2) is 4.98 Å². The fourth-order valence-electron chi connectivity index (χ4n) is 5.27. The molecule has 0 N–H and O–H groups in total. The molecule has 1 aliphatic heterocycles. The number of ketones is 1. The predicted molar refractivity (Wildman–Crippen MR) is 165 cm³/mol. The van der Waals surface area contributed by atoms with Gasteiger partial charge in [-0.05, 0) is 80.2 Å². The number of fused-ring (bicyclic) bond motifs is 1. The van der Waals surface area contributed by atoms with Crippen LogP contribution in [0.15, 0.2) is 85.3 Å². The second-order valence-electron chi connectivity index (χ2n) is 11.0. The first-order chi connectivity index (χ1) is 21.1. The number of carbonyl (C=O) groups excluding carboxylic acids is 1. The Balaban J connectivity index is 1.18. The number of benzene rings is 3. The normalized spacial score (nSPS) is 14.0. The standard InChI is InChI=1S/C35H30F3N5O/c1-24-3-6-27(34(44)22-29-21-28(13-14-39-29)35(36,37)38)20-26(24)7-4-25-5-12-33-32(19-25)40-23-43(33)31-10-8-30(9-11-31)42-17-15-41(2)16-18-42/h3,5-6,8-14,19-21,23H,15-18,22H2,1-2H3. The summed E-state index contributed by atoms with van der Waals surface area (Å²) in [7, 11) is 2.15. The van der Waals surface area contributed by atoms with Crippen molar-refractivity contribution in [2.45, 2.75) is 19.5 Å². The third-order valence-electron chi connectivity index (χ3n) is 7.93. The fourth-order valence-corrected chi connectivity index (χ4v) is 5.27. The third-order valence-corrected chi connectivity index (χ3v) is 7.93. The number of nitrogens with zero attached hydrogens (tertiary/aromatic N) is 5. The molecule has 6 nitrogen and oxygen atoms in total. The minimum atomic E-state index is -4.50. The summed E-state index contributed by atoms with van der Waals surface area (Å²) in [6.45, 7) is 6.05. The molecule has 3 aromatic carbocycles. The smallest absolute Gasteiger partial charge is 0.369 e. The van der Waals surface area contributed by atoms with E-state index in [1.54, 1.807) is 18.2 Å². The summed E-state index contributed by atoms with van der Waals surface area (Å²) in [5, 5.41) is 0. The highest BCUT2D eigenvalue weighted by atomic mass is 19.4. The van der Waals surface area contributed by atoms with Gasteiger partial charge in [-0.2, -0.15) is 13.2 Å². The zero-order valence-electron chi connectivity index (χ0n) is 24.4. The van der Waals surface area contributed by atoms with Crippen molar-refractivity contribution in [3.8, 4) is 17.5 Å². The molecular weight excluding hydrogens is 563 g/mol. The third kappa shape index (κ3) is 6.36. The monoisotopic (exact) mass is 593 g/mol. The average molecular weight is 594 g/mol. The largest absolute Gasteiger partial charge is 0.416 e. The number of pyridine rings is 1. The summed E-state index contributed by atoms with van der Waals surface area (Å²) in [5.74, 6) is 5.99. The molecule has 222 valence electrons. The van der Waals surface area contributed by atoms with Gasteiger partial charge in [0.2, 0.25) is 0 Å². The highest BCUT2D eigenvalue weighted by molar-refractivity contribution is 5.97. The van der Waals surface area contributed by atoms with Gasteiger partial charge in [0.15, 0.2) is 5.78 Å². The Morgan fingerprint density at radius 1 is 0.864 bits per heavy atom. The molecule has 0 unspecified atom stereocenters. The van der Waals surface area contributed by atoms with Crippen molar-refractivity contribution in [2.24, 2.45) is 0 Å². The maximum Gasteiger partial charge on any atom is 0.416 e. The van der Waals surface area contributed by atoms with Gasteiger partial charge in [-0.15, -0.1) is 0 Å². The number of carbonyl (C=O) groups is 1. The molecule has 2 aromatic heterocycles. The van der Waals surface area contributed by atoms with Crippen LogP contribution in [-0.2, 0) is 12.6 Å². The topological polar surface area (TPSA) is 54.3 Å². The van der Waals surface area contributed by atoms with Crippen molar-refractivity contribution in [3.63, 3.8) is 0 Å². The first-order valence-electron chi connectivity index (χ1n) is 14.3. The van der Waals surface area contributed by atoms with Gasteiger partial charge >= 0.3 is 6.18 Å². The Morgan fingerprint density at radius 3 is 2.36 bits per heavy atom. The predicted octanol–water partition coefficient (Wildman–Crippen LogP) is 6.32. The van der Waals surface area contributed by atoms with Crippen LogP contribution in [0.2, 0.25) is 0 Å². The number of piperazine rings is 1. The van der Waals surface area contributed by atoms with E-state index in [1.807, 2.05) is 31.5 Å². The maximum atomic E-state index is 13.1. The van der Waals surface area contributed by atoms with Gasteiger partial charge in [0.05, 0.1) is 23.0 Å². The van der Waals surface area contributed by atoms with Crippen LogP contribution in [-0.4, -0.2) is 58.4 Å². The molecule has 0 radical (unpaired) electrons. The lowest BCUT2D eigenvalue weighted by atomic mass is 9.99. The van der Waals surface area contributed by atoms with E-state index in [-0.39, 0.29) is 17.9 Å². The SMILES string of the molecule is Cc1ccc(C(=O)Cc2cc(C(F)(F)F)ccn2)cc1C#Cc1ccc2c(c1)ncn2-c1ccc(N2CCN(C)CC2)cc1. The van der Waals surface area contributed by atoms with Gasteiger partial charge < -0.3 is 9.80 Å². The summed E-state index contributed by atoms with van der Waals surface area (Å²) >= 11 is 0. The molecule has 1 aliphatic rings. The lowest BCUT2D eigenvalue weighted by Gasteiger charge is -2.34. The molecule has 0 bridgehead atoms. The molecule has 1 fully saturated rings. The first kappa shape index (κ1) is 29.1. The van der Waals surface area contributed by atoms with Crippen LogP contribution in [0.25, 0.3) is 16.7 Å². The molecule has 0 atom stereocenters. The molecule has 5 aromatic rings. The van der Waals surface area contributed by atoms with Crippen molar-refractivity contribution in [2.75, 3.05) is 38.1 Å². The molecule has 0 saturated carbocycles. The number of rotatable bonds is 5. The Morgan fingerprint density at radius 2 is 1.61 bits per heavy atom. The van der Waals surface area contributed by atoms with Crippen LogP contribution in [0.3, 0.4) is 0 Å². The molecular formula is C35H30F3N5O. The van der Waals surface area contributed by atoms with Crippen molar-refractivity contribution in [3.05, 3.63) is 119 Å². The van der Waals surface area contributed by atoms with E-state index in [0.717, 1.165) is 72.4 Å². The number of hydrogen-bond donors (Lipinski definition) is 0. The summed E-state index contributed by atoms with van der Waals surface area (Å²) in [5.41, 5.74) is 5.96. The van der Waals surface area contributed by atoms with Crippen LogP contribution >= 0.6 is 0 Å². The van der Waals surface area contributed by atoms with E-state index in [1.165, 1.54) is 5.69 Å². The Kier molecular flexibility index (Phi) is 7.93. The zero-order valence-corrected chi connectivity index (χ0v) is 24.4. The summed E-state index contributed by atoms with van der Waals surface area (Å²) in [4.78, 5) is 26.2. The van der Waals surface area contributed by atoms with Crippen molar-refractivity contribution in [1.29, 1.82) is 0 Å². The quantitative estimate of drug-likeness (QED) is 0.176. The highest BCUT2D eigenvalue weighted by Crippen LogP contribution is 2.29. The number of alkyl halides is 3. The minimum absolute atomic E-state index is 0.0664. The van der Waals surface area contributed by atoms with E-state index >= 15 is 0 Å². The number of imidazole rings is 1. The van der Waals surface area contributed by atoms with Crippen LogP contribution in [0.5, 0.6) is 0 Å². The minimum Gasteiger partial charge on any atom is -0.369 e. The van der Waals surface area contributed by atoms with Crippen molar-refractivity contribution < 1.29 is 18.0 Å². The summed E-state index contributed by atoms with van der Waals surface area (Å²) in [6, 6.07) is 21.3. The molecule has 1 saturated heterocycles. The second-order valence-corrected chi connectivity index (χ2v) is 11.0. The number of hydrogen-bond acceptors (Lipinski definition) is 5. The van der Waals surface area contributed by atoms with Gasteiger partial charge in [0.25, 0.3) is 0 Å². The van der Waals surface area contributed by atoms with E-state index < -0.39 is 11.7 Å². The molecule has 3 heterocycles. The number of aromatic nitrogens is 3. The average Bonchev–Trinajstić information content (AvgIpc) is 3.44. The second kappa shape index (κ2) is 12.0. The number of Topliss-reactive ketones (excluding diaryl/α,β-unsaturated/α-hetero) is 1. The fraction of sp³-hybridized carbons (Fsp3) is 0.229. The molecule has 6 rings (SSSR count). The molecule has 0 amide bonds. The molecule has 44 heavy (non-hydrogen) atoms. The number of aryl methyl sites for hydroxylation is 1. The maximum absolute atomic E-state index is 13.1. The Labute approximate surface area is 253 Å². The van der Waals surface area contributed by atoms with Gasteiger partial charge in [-0.3, -0.25) is 14.3 Å². The number of halogens is 3. The molecule has 9 heteroatoms. The van der Waals surface area contributed by atoms with Crippen LogP contribution < -0.4 is 4.90 Å². The van der Waals surface area contributed by atoms with Gasteiger partial charge in [-0.1, -0.05) is 24.0 Å². The zero-order chi connectivity index (χ0) is 30.8. The molecule has 0 aliphatic carbocycles. The first-order valence-corrected chi connectivity index (χ1v) is 14.3. The van der Waals surface area contributed by atoms with E-state index in [4.69, 9.17) is 0 Å². The lowest BCUT2D eigenvalue weighted by molar-refractivity contribution is -0.137. The lowest BCUT2D eigenvalue weighted by Crippen LogP contribution is -2.44. The van der Waals surface area contributed by atoms with E-state index in [9.17, 15) is 18.0 Å². The summed E-state index contributed by atoms with van der Waals surface area (Å²) in [6.07, 6.45) is -1.85. The highest BCUT2D eigenvalue weighted by Gasteiger charge is 2.30. The number of anilines is 1.